The Balaban J connectivity index is 1.48. The Kier molecular flexibility index (Phi) is 20.5. The molecule has 2 aromatic carbocycles. The summed E-state index contributed by atoms with van der Waals surface area (Å²) in [6.07, 6.45) is 10.1. The third-order valence-electron chi connectivity index (χ3n) is 14.2. The number of aromatic amines is 1. The zero-order chi connectivity index (χ0) is 50.9. The molecule has 3 fully saturated rings. The Morgan fingerprint density at radius 3 is 2.13 bits per heavy atom. The number of unbranched alkanes of at least 4 members (excludes halogenated alkanes) is 2. The highest BCUT2D eigenvalue weighted by Crippen LogP contribution is 2.29. The quantitative estimate of drug-likeness (QED) is 0.0767. The number of carbonyl (C=O) groups excluding carboxylic acids is 8. The van der Waals surface area contributed by atoms with E-state index in [9.17, 15) is 19.2 Å². The van der Waals surface area contributed by atoms with Gasteiger partial charge in [0.1, 0.15) is 42.3 Å². The fraction of sp³-hybridized carbons (Fsp3) is 0.585. The molecule has 7 atom stereocenters. The number of benzene rings is 2. The molecule has 6 rings (SSSR count). The second-order valence-electron chi connectivity index (χ2n) is 19.6. The number of amides is 8. The Bertz CT molecular complexity index is 2300. The smallest absolute Gasteiger partial charge is 0.252 e. The van der Waals surface area contributed by atoms with Crippen LogP contribution in [0.4, 0.5) is 0 Å². The standard InChI is InChI=1S/C53H76N10O8/c1-3-4-22-41-51(69)63(52(70)44(31-36-19-9-6-10-20-36)61-47(65)40(57-34(2)64)24-13-14-27-54)46(25-15-28-55)53(71)62-29-16-26-45(62)50(68)60-42(30-35-17-7-5-8-18-35)48(66)59-43(49(67)58-41)32-37-33-56-39-23-12-11-21-38(37)39/h6,9-12,19-21,23,33,35,40-46,56H,3-5,7-8,13-18,22,24-32,54-55H2,1-2H3,(H,57,64)(H,58,67)(H,59,66)(H,60,68)(H,61,65)/t40-,41-,42-,43-,44-,45-,46-/m0/s1. The largest absolute Gasteiger partial charge is 0.361 e. The summed E-state index contributed by atoms with van der Waals surface area (Å²) in [5, 5.41) is 15.3. The molecule has 18 heteroatoms. The number of rotatable bonds is 20. The first-order valence-electron chi connectivity index (χ1n) is 26.0. The summed E-state index contributed by atoms with van der Waals surface area (Å²) >= 11 is 0. The van der Waals surface area contributed by atoms with Crippen molar-refractivity contribution in [2.75, 3.05) is 19.6 Å². The van der Waals surface area contributed by atoms with E-state index in [-0.39, 0.29) is 64.0 Å². The van der Waals surface area contributed by atoms with Crippen molar-refractivity contribution in [3.63, 3.8) is 0 Å². The molecule has 2 aliphatic heterocycles. The van der Waals surface area contributed by atoms with Gasteiger partial charge in [-0.15, -0.1) is 0 Å². The molecule has 71 heavy (non-hydrogen) atoms. The van der Waals surface area contributed by atoms with E-state index in [1.807, 2.05) is 31.2 Å². The lowest BCUT2D eigenvalue weighted by atomic mass is 9.84. The molecule has 1 aromatic heterocycles. The van der Waals surface area contributed by atoms with Crippen molar-refractivity contribution in [3.8, 4) is 0 Å². The minimum Gasteiger partial charge on any atom is -0.361 e. The van der Waals surface area contributed by atoms with Crippen LogP contribution in [-0.2, 0) is 51.2 Å². The number of hydrogen-bond acceptors (Lipinski definition) is 10. The maximum absolute atomic E-state index is 15.7. The molecule has 2 saturated heterocycles. The van der Waals surface area contributed by atoms with Crippen molar-refractivity contribution in [2.24, 2.45) is 17.4 Å². The highest BCUT2D eigenvalue weighted by Gasteiger charge is 2.47. The number of carbonyl (C=O) groups is 8. The summed E-state index contributed by atoms with van der Waals surface area (Å²) < 4.78 is 0. The van der Waals surface area contributed by atoms with Crippen LogP contribution in [0.3, 0.4) is 0 Å². The van der Waals surface area contributed by atoms with Crippen molar-refractivity contribution in [1.82, 2.24) is 41.4 Å². The lowest BCUT2D eigenvalue weighted by molar-refractivity contribution is -0.159. The van der Waals surface area contributed by atoms with Gasteiger partial charge in [0.15, 0.2) is 0 Å². The molecule has 3 aromatic rings. The second-order valence-corrected chi connectivity index (χ2v) is 19.6. The first-order valence-corrected chi connectivity index (χ1v) is 26.0. The minimum atomic E-state index is -1.51. The molecule has 0 spiro atoms. The maximum atomic E-state index is 15.7. The summed E-state index contributed by atoms with van der Waals surface area (Å²) in [6.45, 7) is 3.81. The molecule has 0 bridgehead atoms. The lowest BCUT2D eigenvalue weighted by Crippen LogP contribution is -2.64. The van der Waals surface area contributed by atoms with Crippen LogP contribution in [-0.4, -0.2) is 124 Å². The Morgan fingerprint density at radius 1 is 0.718 bits per heavy atom. The van der Waals surface area contributed by atoms with Crippen molar-refractivity contribution in [3.05, 3.63) is 71.9 Å². The summed E-state index contributed by atoms with van der Waals surface area (Å²) in [5.41, 5.74) is 14.0. The van der Waals surface area contributed by atoms with Crippen LogP contribution in [0.1, 0.15) is 128 Å². The van der Waals surface area contributed by atoms with E-state index in [1.165, 1.54) is 11.8 Å². The van der Waals surface area contributed by atoms with Crippen molar-refractivity contribution in [1.29, 1.82) is 0 Å². The van der Waals surface area contributed by atoms with Crippen LogP contribution >= 0.6 is 0 Å². The van der Waals surface area contributed by atoms with E-state index in [4.69, 9.17) is 11.5 Å². The first kappa shape index (κ1) is 54.2. The molecular formula is C53H76N10O8. The summed E-state index contributed by atoms with van der Waals surface area (Å²) in [6, 6.07) is 7.74. The number of H-pyrrole nitrogens is 1. The van der Waals surface area contributed by atoms with Gasteiger partial charge in [0.2, 0.25) is 35.4 Å². The third kappa shape index (κ3) is 14.7. The summed E-state index contributed by atoms with van der Waals surface area (Å²) in [5.74, 6) is -5.25. The summed E-state index contributed by atoms with van der Waals surface area (Å²) in [4.78, 5) is 123. The van der Waals surface area contributed by atoms with Gasteiger partial charge >= 0.3 is 0 Å². The molecule has 3 aliphatic rings. The van der Waals surface area contributed by atoms with Crippen molar-refractivity contribution in [2.45, 2.75) is 172 Å². The number of nitrogens with one attached hydrogen (secondary N) is 6. The number of imide groups is 1. The van der Waals surface area contributed by atoms with Crippen LogP contribution in [0.25, 0.3) is 10.9 Å². The fourth-order valence-electron chi connectivity index (χ4n) is 10.4. The highest BCUT2D eigenvalue weighted by atomic mass is 16.2. The normalized spacial score (nSPS) is 22.6. The van der Waals surface area contributed by atoms with Gasteiger partial charge in [0.25, 0.3) is 11.8 Å². The van der Waals surface area contributed by atoms with Crippen molar-refractivity contribution >= 4 is 58.2 Å². The molecular weight excluding hydrogens is 905 g/mol. The van der Waals surface area contributed by atoms with Crippen LogP contribution < -0.4 is 38.1 Å². The highest BCUT2D eigenvalue weighted by molar-refractivity contribution is 6.07. The number of aromatic nitrogens is 1. The van der Waals surface area contributed by atoms with Gasteiger partial charge in [-0.3, -0.25) is 43.3 Å². The predicted molar refractivity (Wildman–Crippen MR) is 270 cm³/mol. The monoisotopic (exact) mass is 981 g/mol. The van der Waals surface area contributed by atoms with Gasteiger partial charge in [-0.25, -0.2) is 0 Å². The minimum absolute atomic E-state index is 0.0168. The Hall–Kier alpha value is -6.14. The molecule has 3 heterocycles. The van der Waals surface area contributed by atoms with Crippen LogP contribution in [0, 0.1) is 5.92 Å². The van der Waals surface area contributed by atoms with Gasteiger partial charge in [-0.05, 0) is 94.0 Å². The van der Waals surface area contributed by atoms with E-state index in [0.29, 0.717) is 50.6 Å². The number of nitrogens with two attached hydrogens (primary N) is 2. The number of hydrogen-bond donors (Lipinski definition) is 8. The first-order chi connectivity index (χ1) is 34.3. The maximum Gasteiger partial charge on any atom is 0.252 e. The third-order valence-corrected chi connectivity index (χ3v) is 14.2. The van der Waals surface area contributed by atoms with E-state index >= 15 is 19.2 Å². The molecule has 10 N–H and O–H groups in total. The molecule has 8 amide bonds. The average Bonchev–Trinajstić information content (AvgIpc) is 4.03. The topological polar surface area (TPSA) is 271 Å². The SMILES string of the molecule is CCCC[C@@H]1NC(=O)[C@H](Cc2c[nH]c3ccccc23)NC(=O)[C@H](CC2CCCCC2)NC(=O)[C@@H]2CCCN2C(=O)[C@H](CCCN)N(C(=O)[C@H](Cc2ccccc2)NC(=O)[C@H](CCCCN)NC(C)=O)C1=O. The zero-order valence-corrected chi connectivity index (χ0v) is 41.6. The van der Waals surface area contributed by atoms with Crippen LogP contribution in [0.15, 0.2) is 60.8 Å². The number of nitrogens with zero attached hydrogens (tertiary/aromatic N) is 2. The van der Waals surface area contributed by atoms with Gasteiger partial charge in [-0.1, -0.05) is 100 Å². The van der Waals surface area contributed by atoms with E-state index in [0.717, 1.165) is 53.5 Å². The summed E-state index contributed by atoms with van der Waals surface area (Å²) in [7, 11) is 0. The van der Waals surface area contributed by atoms with Crippen LogP contribution in [0.2, 0.25) is 0 Å². The Morgan fingerprint density at radius 2 is 1.41 bits per heavy atom. The van der Waals surface area contributed by atoms with E-state index in [2.05, 4.69) is 31.6 Å². The molecule has 0 radical (unpaired) electrons. The van der Waals surface area contributed by atoms with E-state index in [1.54, 1.807) is 36.5 Å². The number of fused-ring (bicyclic) bond motifs is 2. The van der Waals surface area contributed by atoms with E-state index < -0.39 is 89.6 Å². The molecule has 1 saturated carbocycles. The molecule has 18 nitrogen and oxygen atoms in total. The Labute approximate surface area is 417 Å². The average molecular weight is 981 g/mol. The van der Waals surface area contributed by atoms with Crippen molar-refractivity contribution < 1.29 is 38.4 Å². The molecule has 386 valence electrons. The predicted octanol–water partition coefficient (Wildman–Crippen LogP) is 3.15. The zero-order valence-electron chi connectivity index (χ0n) is 41.6. The van der Waals surface area contributed by atoms with Crippen LogP contribution in [0.5, 0.6) is 0 Å². The second kappa shape index (κ2) is 26.9. The molecule has 1 aliphatic carbocycles. The van der Waals surface area contributed by atoms with Gasteiger partial charge < -0.3 is 47.9 Å². The molecule has 0 unspecified atom stereocenters. The van der Waals surface area contributed by atoms with Gasteiger partial charge in [0, 0.05) is 43.4 Å². The van der Waals surface area contributed by atoms with Gasteiger partial charge in [0.05, 0.1) is 0 Å². The van der Waals surface area contributed by atoms with Gasteiger partial charge in [-0.2, -0.15) is 0 Å². The number of para-hydroxylation sites is 1. The fourth-order valence-corrected chi connectivity index (χ4v) is 10.4. The lowest BCUT2D eigenvalue weighted by Gasteiger charge is -2.38.